The van der Waals surface area contributed by atoms with E-state index in [1.807, 2.05) is 42.1 Å². The summed E-state index contributed by atoms with van der Waals surface area (Å²) in [4.78, 5) is 6.65. The normalized spacial score (nSPS) is 14.6. The van der Waals surface area contributed by atoms with Gasteiger partial charge in [-0.15, -0.1) is 0 Å². The molecule has 1 fully saturated rings. The zero-order valence-electron chi connectivity index (χ0n) is 15.5. The second-order valence-electron chi connectivity index (χ2n) is 6.84. The number of ether oxygens (including phenoxy) is 1. The SMILES string of the molecule is COc1c(C)cccc1-c1cnn(C2CN(Cc3cccc(C#N)n3)C2)c1. The summed E-state index contributed by atoms with van der Waals surface area (Å²) < 4.78 is 7.60. The minimum Gasteiger partial charge on any atom is -0.496 e. The third-order valence-electron chi connectivity index (χ3n) is 4.95. The van der Waals surface area contributed by atoms with E-state index in [9.17, 15) is 0 Å². The van der Waals surface area contributed by atoms with Gasteiger partial charge in [0.05, 0.1) is 25.0 Å². The molecule has 27 heavy (non-hydrogen) atoms. The lowest BCUT2D eigenvalue weighted by atomic mass is 10.0. The van der Waals surface area contributed by atoms with Gasteiger partial charge in [-0.25, -0.2) is 4.98 Å². The summed E-state index contributed by atoms with van der Waals surface area (Å²) in [6.45, 7) is 4.65. The van der Waals surface area contributed by atoms with Gasteiger partial charge in [-0.3, -0.25) is 9.58 Å². The van der Waals surface area contributed by atoms with Crippen molar-refractivity contribution in [2.24, 2.45) is 0 Å². The summed E-state index contributed by atoms with van der Waals surface area (Å²) in [7, 11) is 1.70. The van der Waals surface area contributed by atoms with Crippen molar-refractivity contribution < 1.29 is 4.74 Å². The average Bonchev–Trinajstić information content (AvgIpc) is 3.13. The van der Waals surface area contributed by atoms with E-state index in [-0.39, 0.29) is 0 Å². The summed E-state index contributed by atoms with van der Waals surface area (Å²) in [5.74, 6) is 0.899. The van der Waals surface area contributed by atoms with Gasteiger partial charge in [-0.2, -0.15) is 10.4 Å². The van der Waals surface area contributed by atoms with Crippen molar-refractivity contribution in [2.75, 3.05) is 20.2 Å². The Kier molecular flexibility index (Phi) is 4.61. The number of benzene rings is 1. The second-order valence-corrected chi connectivity index (χ2v) is 6.84. The van der Waals surface area contributed by atoms with E-state index in [1.165, 1.54) is 0 Å². The molecule has 2 aromatic heterocycles. The number of pyridine rings is 1. The van der Waals surface area contributed by atoms with Crippen LogP contribution in [0.25, 0.3) is 11.1 Å². The first-order valence-corrected chi connectivity index (χ1v) is 8.94. The second kappa shape index (κ2) is 7.22. The van der Waals surface area contributed by atoms with E-state index in [2.05, 4.69) is 33.3 Å². The van der Waals surface area contributed by atoms with Crippen LogP contribution in [-0.2, 0) is 6.54 Å². The maximum Gasteiger partial charge on any atom is 0.140 e. The largest absolute Gasteiger partial charge is 0.496 e. The quantitative estimate of drug-likeness (QED) is 0.700. The van der Waals surface area contributed by atoms with Crippen LogP contribution in [0.2, 0.25) is 0 Å². The van der Waals surface area contributed by atoms with Crippen molar-refractivity contribution in [3.8, 4) is 22.9 Å². The predicted molar refractivity (Wildman–Crippen MR) is 102 cm³/mol. The van der Waals surface area contributed by atoms with Crippen LogP contribution in [-0.4, -0.2) is 39.9 Å². The van der Waals surface area contributed by atoms with E-state index in [4.69, 9.17) is 10.00 Å². The summed E-state index contributed by atoms with van der Waals surface area (Å²) in [6, 6.07) is 14.2. The van der Waals surface area contributed by atoms with Gasteiger partial charge in [0, 0.05) is 37.0 Å². The molecule has 4 rings (SSSR count). The Morgan fingerprint density at radius 3 is 2.81 bits per heavy atom. The van der Waals surface area contributed by atoms with Crippen LogP contribution in [0.5, 0.6) is 5.75 Å². The minimum absolute atomic E-state index is 0.355. The van der Waals surface area contributed by atoms with E-state index in [0.29, 0.717) is 11.7 Å². The lowest BCUT2D eigenvalue weighted by molar-refractivity contribution is 0.0896. The van der Waals surface area contributed by atoms with Gasteiger partial charge < -0.3 is 4.74 Å². The number of nitriles is 1. The van der Waals surface area contributed by atoms with Crippen LogP contribution < -0.4 is 4.74 Å². The molecular weight excluding hydrogens is 338 g/mol. The highest BCUT2D eigenvalue weighted by Gasteiger charge is 2.29. The van der Waals surface area contributed by atoms with E-state index in [1.54, 1.807) is 13.2 Å². The van der Waals surface area contributed by atoms with Crippen molar-refractivity contribution in [3.05, 3.63) is 65.7 Å². The van der Waals surface area contributed by atoms with Crippen molar-refractivity contribution in [3.63, 3.8) is 0 Å². The van der Waals surface area contributed by atoms with Crippen LogP contribution in [0, 0.1) is 18.3 Å². The number of nitrogens with zero attached hydrogens (tertiary/aromatic N) is 5. The number of methoxy groups -OCH3 is 1. The highest BCUT2D eigenvalue weighted by atomic mass is 16.5. The third kappa shape index (κ3) is 3.42. The molecule has 1 saturated heterocycles. The van der Waals surface area contributed by atoms with Gasteiger partial charge in [0.1, 0.15) is 17.5 Å². The number of aromatic nitrogens is 3. The maximum absolute atomic E-state index is 8.96. The third-order valence-corrected chi connectivity index (χ3v) is 4.95. The van der Waals surface area contributed by atoms with Crippen molar-refractivity contribution in [1.29, 1.82) is 5.26 Å². The Hall–Kier alpha value is -3.17. The fourth-order valence-corrected chi connectivity index (χ4v) is 3.53. The lowest BCUT2D eigenvalue weighted by Crippen LogP contribution is -2.47. The van der Waals surface area contributed by atoms with Gasteiger partial charge in [0.15, 0.2) is 0 Å². The van der Waals surface area contributed by atoms with Crippen LogP contribution in [0.4, 0.5) is 0 Å². The fraction of sp³-hybridized carbons (Fsp3) is 0.286. The molecule has 0 unspecified atom stereocenters. The van der Waals surface area contributed by atoms with Crippen LogP contribution >= 0.6 is 0 Å². The zero-order valence-corrected chi connectivity index (χ0v) is 15.5. The van der Waals surface area contributed by atoms with Gasteiger partial charge in [0.2, 0.25) is 0 Å². The van der Waals surface area contributed by atoms with Crippen molar-refractivity contribution in [1.82, 2.24) is 19.7 Å². The summed E-state index contributed by atoms with van der Waals surface area (Å²) in [5, 5.41) is 13.5. The summed E-state index contributed by atoms with van der Waals surface area (Å²) >= 11 is 0. The van der Waals surface area contributed by atoms with Crippen LogP contribution in [0.3, 0.4) is 0 Å². The Bertz CT molecular complexity index is 998. The van der Waals surface area contributed by atoms with Gasteiger partial charge >= 0.3 is 0 Å². The van der Waals surface area contributed by atoms with E-state index < -0.39 is 0 Å². The molecule has 3 heterocycles. The molecule has 3 aromatic rings. The fourth-order valence-electron chi connectivity index (χ4n) is 3.53. The number of rotatable bonds is 5. The number of likely N-dealkylation sites (tertiary alicyclic amines) is 1. The van der Waals surface area contributed by atoms with Gasteiger partial charge in [-0.05, 0) is 24.6 Å². The Labute approximate surface area is 158 Å². The first-order chi connectivity index (χ1) is 13.2. The van der Waals surface area contributed by atoms with Crippen LogP contribution in [0.15, 0.2) is 48.8 Å². The minimum atomic E-state index is 0.355. The molecule has 0 radical (unpaired) electrons. The van der Waals surface area contributed by atoms with Gasteiger partial charge in [-0.1, -0.05) is 24.3 Å². The maximum atomic E-state index is 8.96. The number of hydrogen-bond donors (Lipinski definition) is 0. The Morgan fingerprint density at radius 2 is 2.04 bits per heavy atom. The molecular formula is C21H21N5O. The zero-order chi connectivity index (χ0) is 18.8. The molecule has 6 nitrogen and oxygen atoms in total. The number of hydrogen-bond acceptors (Lipinski definition) is 5. The molecule has 0 bridgehead atoms. The molecule has 1 aliphatic heterocycles. The highest BCUT2D eigenvalue weighted by Crippen LogP contribution is 2.33. The molecule has 0 amide bonds. The van der Waals surface area contributed by atoms with E-state index in [0.717, 1.165) is 47.8 Å². The highest BCUT2D eigenvalue weighted by molar-refractivity contribution is 5.71. The molecule has 6 heteroatoms. The number of para-hydroxylation sites is 1. The van der Waals surface area contributed by atoms with Gasteiger partial charge in [0.25, 0.3) is 0 Å². The number of aryl methyl sites for hydroxylation is 1. The first-order valence-electron chi connectivity index (χ1n) is 8.94. The summed E-state index contributed by atoms with van der Waals surface area (Å²) in [5.41, 5.74) is 4.64. The molecule has 0 N–H and O–H groups in total. The predicted octanol–water partition coefficient (Wildman–Crippen LogP) is 3.19. The molecule has 0 aliphatic carbocycles. The monoisotopic (exact) mass is 359 g/mol. The van der Waals surface area contributed by atoms with Crippen LogP contribution in [0.1, 0.15) is 23.0 Å². The molecule has 1 aromatic carbocycles. The molecule has 136 valence electrons. The van der Waals surface area contributed by atoms with Crippen molar-refractivity contribution >= 4 is 0 Å². The summed E-state index contributed by atoms with van der Waals surface area (Å²) in [6.07, 6.45) is 3.99. The topological polar surface area (TPSA) is 67.0 Å². The molecule has 0 spiro atoms. The molecule has 0 atom stereocenters. The first kappa shape index (κ1) is 17.3. The molecule has 1 aliphatic rings. The lowest BCUT2D eigenvalue weighted by Gasteiger charge is -2.38. The average molecular weight is 359 g/mol. The smallest absolute Gasteiger partial charge is 0.140 e. The van der Waals surface area contributed by atoms with Crippen molar-refractivity contribution in [2.45, 2.75) is 19.5 Å². The Morgan fingerprint density at radius 1 is 1.22 bits per heavy atom. The molecule has 0 saturated carbocycles. The standard InChI is InChI=1S/C21H21N5O/c1-15-5-3-8-20(21(15)27-2)16-10-23-26(11-16)19-13-25(14-19)12-18-7-4-6-17(9-22)24-18/h3-8,10-11,19H,12-14H2,1-2H3. The van der Waals surface area contributed by atoms with E-state index >= 15 is 0 Å². The Balaban J connectivity index is 1.42.